The summed E-state index contributed by atoms with van der Waals surface area (Å²) in [6, 6.07) is 3.43. The standard InChI is InChI=1S/C19H30N2O3P2.C14H23F.C2H6/c1-3-5-6-7-8-12-21(25)13-17(23)15-10-11-18(24-26)19(20-14-22)16(15)9-4-2;1-4-5-11-14(15,12(2)3)13-9-7-6-8-10-13;1-2/h4,9-11,14H,3,5-8,12-13,25-26H2,1-2H3,(H,20,22);7,9-10,12H,4-6,8,11H2,1-3H3;1-2H3/b9-4-;;. The molecule has 0 radical (unpaired) electrons. The Kier molecular flexibility index (Phi) is 23.4. The minimum atomic E-state index is -1.10. The maximum Gasteiger partial charge on any atom is 0.211 e. The van der Waals surface area contributed by atoms with E-state index in [0.717, 1.165) is 44.2 Å². The second kappa shape index (κ2) is 24.5. The maximum atomic E-state index is 14.9. The van der Waals surface area contributed by atoms with Crippen molar-refractivity contribution in [2.45, 2.75) is 118 Å². The molecular formula is C35H59FN2O3P2. The molecule has 1 aromatic rings. The zero-order valence-electron chi connectivity index (χ0n) is 27.9. The lowest BCUT2D eigenvalue weighted by Crippen LogP contribution is -2.32. The summed E-state index contributed by atoms with van der Waals surface area (Å²) < 4.78 is 22.1. The third kappa shape index (κ3) is 14.6. The first-order valence-corrected chi connectivity index (χ1v) is 17.1. The normalized spacial score (nSPS) is 13.9. The summed E-state index contributed by atoms with van der Waals surface area (Å²) in [6.45, 7) is 15.3. The van der Waals surface area contributed by atoms with Crippen molar-refractivity contribution in [3.8, 4) is 5.75 Å². The Balaban J connectivity index is 0.000000878. The van der Waals surface area contributed by atoms with Crippen LogP contribution in [-0.2, 0) is 4.79 Å². The lowest BCUT2D eigenvalue weighted by molar-refractivity contribution is -0.105. The molecule has 0 saturated heterocycles. The first-order chi connectivity index (χ1) is 20.7. The van der Waals surface area contributed by atoms with E-state index in [-0.39, 0.29) is 11.7 Å². The Morgan fingerprint density at radius 3 is 2.33 bits per heavy atom. The van der Waals surface area contributed by atoms with Crippen molar-refractivity contribution in [3.05, 3.63) is 53.1 Å². The average Bonchev–Trinajstić information content (AvgIpc) is 3.02. The molecule has 2 rings (SSSR count). The van der Waals surface area contributed by atoms with E-state index in [1.807, 2.05) is 57.5 Å². The van der Waals surface area contributed by atoms with Gasteiger partial charge in [-0.25, -0.2) is 4.39 Å². The number of ketones is 1. The van der Waals surface area contributed by atoms with Crippen molar-refractivity contribution >= 4 is 42.8 Å². The van der Waals surface area contributed by atoms with E-state index in [4.69, 9.17) is 4.52 Å². The molecule has 1 amide bonds. The van der Waals surface area contributed by atoms with Crippen molar-refractivity contribution in [1.29, 1.82) is 0 Å². The van der Waals surface area contributed by atoms with Gasteiger partial charge in [-0.3, -0.25) is 14.3 Å². The summed E-state index contributed by atoms with van der Waals surface area (Å²) in [4.78, 5) is 23.7. The van der Waals surface area contributed by atoms with Crippen LogP contribution < -0.4 is 9.84 Å². The van der Waals surface area contributed by atoms with Gasteiger partial charge in [0.2, 0.25) is 6.41 Å². The number of anilines is 1. The van der Waals surface area contributed by atoms with Crippen LogP contribution in [0.25, 0.3) is 6.08 Å². The predicted molar refractivity (Wildman–Crippen MR) is 192 cm³/mol. The van der Waals surface area contributed by atoms with Crippen LogP contribution in [0.5, 0.6) is 5.75 Å². The van der Waals surface area contributed by atoms with Crippen LogP contribution in [0.15, 0.2) is 42.0 Å². The van der Waals surface area contributed by atoms with Crippen LogP contribution in [0.1, 0.15) is 129 Å². The Bertz CT molecular complexity index is 1030. The zero-order valence-corrected chi connectivity index (χ0v) is 30.2. The number of nitrogens with one attached hydrogen (secondary N) is 1. The van der Waals surface area contributed by atoms with E-state index < -0.39 is 5.67 Å². The van der Waals surface area contributed by atoms with Gasteiger partial charge in [0, 0.05) is 17.7 Å². The highest BCUT2D eigenvalue weighted by Gasteiger charge is 2.36. The average molecular weight is 637 g/mol. The molecule has 1 aromatic carbocycles. The smallest absolute Gasteiger partial charge is 0.211 e. The molecule has 43 heavy (non-hydrogen) atoms. The fraction of sp³-hybridized carbons (Fsp3) is 0.600. The number of alkyl halides is 1. The summed E-state index contributed by atoms with van der Waals surface area (Å²) in [7, 11) is 4.80. The first-order valence-electron chi connectivity index (χ1n) is 16.1. The minimum absolute atomic E-state index is 0.00548. The molecule has 1 aliphatic rings. The van der Waals surface area contributed by atoms with E-state index in [1.165, 1.54) is 25.7 Å². The minimum Gasteiger partial charge on any atom is -0.478 e. The number of halogens is 1. The summed E-state index contributed by atoms with van der Waals surface area (Å²) in [5.41, 5.74) is 1.53. The highest BCUT2D eigenvalue weighted by Crippen LogP contribution is 2.38. The van der Waals surface area contributed by atoms with Crippen molar-refractivity contribution in [1.82, 2.24) is 4.67 Å². The molecule has 0 bridgehead atoms. The predicted octanol–water partition coefficient (Wildman–Crippen LogP) is 10.5. The number of Topliss-reactive ketones (excluding diaryl/α,β-unsaturated/α-hetero) is 1. The fourth-order valence-corrected chi connectivity index (χ4v) is 5.42. The second-order valence-corrected chi connectivity index (χ2v) is 11.8. The summed E-state index contributed by atoms with van der Waals surface area (Å²) in [6.07, 6.45) is 21.1. The van der Waals surface area contributed by atoms with Gasteiger partial charge < -0.3 is 9.84 Å². The Hall–Kier alpha value is -1.87. The van der Waals surface area contributed by atoms with Gasteiger partial charge in [-0.05, 0) is 56.2 Å². The zero-order chi connectivity index (χ0) is 32.7. The van der Waals surface area contributed by atoms with Crippen LogP contribution in [0.2, 0.25) is 0 Å². The lowest BCUT2D eigenvalue weighted by atomic mass is 9.79. The SMILES string of the molecule is C/C=C\c1c(C(=O)CN(P)CCCCCCC)ccc(OP)c1NC=O.CC.CCCCC(F)(C1=CCCC=C1)C(C)C. The van der Waals surface area contributed by atoms with Crippen molar-refractivity contribution < 1.29 is 18.5 Å². The topological polar surface area (TPSA) is 58.6 Å². The van der Waals surface area contributed by atoms with Crippen LogP contribution in [-0.4, -0.2) is 35.6 Å². The maximum absolute atomic E-state index is 14.9. The van der Waals surface area contributed by atoms with Crippen LogP contribution in [0.4, 0.5) is 10.1 Å². The van der Waals surface area contributed by atoms with E-state index in [2.05, 4.69) is 50.2 Å². The number of amides is 1. The fourth-order valence-electron chi connectivity index (χ4n) is 4.88. The van der Waals surface area contributed by atoms with Gasteiger partial charge in [0.25, 0.3) is 0 Å². The molecule has 244 valence electrons. The number of carbonyl (C=O) groups is 2. The van der Waals surface area contributed by atoms with Crippen LogP contribution in [0, 0.1) is 5.92 Å². The van der Waals surface area contributed by atoms with E-state index in [9.17, 15) is 14.0 Å². The molecule has 8 heteroatoms. The van der Waals surface area contributed by atoms with Gasteiger partial charge in [0.05, 0.1) is 21.7 Å². The molecule has 0 saturated carbocycles. The molecule has 1 N–H and O–H groups in total. The Morgan fingerprint density at radius 1 is 1.12 bits per heavy atom. The number of allylic oxidation sites excluding steroid dienone is 5. The van der Waals surface area contributed by atoms with Gasteiger partial charge in [-0.15, -0.1) is 0 Å². The number of rotatable bonds is 18. The van der Waals surface area contributed by atoms with Gasteiger partial charge in [-0.2, -0.15) is 0 Å². The Labute approximate surface area is 267 Å². The molecule has 0 spiro atoms. The first kappa shape index (κ1) is 41.1. The largest absolute Gasteiger partial charge is 0.478 e. The van der Waals surface area contributed by atoms with Crippen LogP contribution in [0.3, 0.4) is 0 Å². The van der Waals surface area contributed by atoms with E-state index >= 15 is 0 Å². The van der Waals surface area contributed by atoms with Crippen LogP contribution >= 0.6 is 18.9 Å². The molecule has 0 aliphatic heterocycles. The van der Waals surface area contributed by atoms with E-state index in [0.29, 0.717) is 41.9 Å². The molecule has 1 aliphatic carbocycles. The Morgan fingerprint density at radius 2 is 1.79 bits per heavy atom. The number of hydrogen-bond acceptors (Lipinski definition) is 4. The molecule has 3 unspecified atom stereocenters. The number of unbranched alkanes of at least 4 members (excludes halogenated alkanes) is 5. The van der Waals surface area contributed by atoms with E-state index in [1.54, 1.807) is 12.1 Å². The molecule has 3 atom stereocenters. The van der Waals surface area contributed by atoms with Crippen molar-refractivity contribution in [2.75, 3.05) is 18.4 Å². The third-order valence-electron chi connectivity index (χ3n) is 7.35. The monoisotopic (exact) mass is 636 g/mol. The quantitative estimate of drug-likeness (QED) is 0.0754. The van der Waals surface area contributed by atoms with Gasteiger partial charge in [0.1, 0.15) is 11.4 Å². The van der Waals surface area contributed by atoms with Gasteiger partial charge in [0.15, 0.2) is 5.78 Å². The number of nitrogens with zero attached hydrogens (tertiary/aromatic N) is 1. The molecular weight excluding hydrogens is 577 g/mol. The molecule has 0 aromatic heterocycles. The third-order valence-corrected chi connectivity index (χ3v) is 8.05. The summed E-state index contributed by atoms with van der Waals surface area (Å²) in [5, 5.41) is 2.64. The van der Waals surface area contributed by atoms with Crippen molar-refractivity contribution in [3.63, 3.8) is 0 Å². The van der Waals surface area contributed by atoms with Gasteiger partial charge in [-0.1, -0.05) is 120 Å². The molecule has 0 heterocycles. The summed E-state index contributed by atoms with van der Waals surface area (Å²) in [5.74, 6) is 0.564. The van der Waals surface area contributed by atoms with Gasteiger partial charge >= 0.3 is 0 Å². The van der Waals surface area contributed by atoms with Crippen molar-refractivity contribution in [2.24, 2.45) is 5.92 Å². The highest BCUT2D eigenvalue weighted by atomic mass is 31.0. The number of benzene rings is 1. The molecule has 5 nitrogen and oxygen atoms in total. The summed E-state index contributed by atoms with van der Waals surface area (Å²) >= 11 is 0. The lowest BCUT2D eigenvalue weighted by Gasteiger charge is -2.32. The second-order valence-electron chi connectivity index (χ2n) is 10.8. The molecule has 0 fully saturated rings. The highest BCUT2D eigenvalue weighted by molar-refractivity contribution is 7.13. The number of carbonyl (C=O) groups excluding carboxylic acids is 2. The number of hydrogen-bond donors (Lipinski definition) is 1.